The maximum absolute atomic E-state index is 10.8. The summed E-state index contributed by atoms with van der Waals surface area (Å²) in [6.07, 6.45) is 0. The second-order valence-corrected chi connectivity index (χ2v) is 3.14. The number of benzene rings is 1. The SMILES string of the molecule is CN=C(NC)c1ccc(C)c(C(=O)[O-])c1.[Cl-].[Cl-].[Cl-].[Ti+4]. The topological polar surface area (TPSA) is 64.5 Å². The fourth-order valence-corrected chi connectivity index (χ4v) is 1.37. The average molecular weight is 359 g/mol. The van der Waals surface area contributed by atoms with Crippen LogP contribution < -0.4 is 47.6 Å². The van der Waals surface area contributed by atoms with E-state index in [1.807, 2.05) is 6.07 Å². The predicted octanol–water partition coefficient (Wildman–Crippen LogP) is -9.04. The minimum Gasteiger partial charge on any atom is -1.00 e. The van der Waals surface area contributed by atoms with Crippen LogP contribution in [0.15, 0.2) is 23.2 Å². The van der Waals surface area contributed by atoms with Gasteiger partial charge in [-0.05, 0) is 18.6 Å². The molecule has 0 fully saturated rings. The maximum atomic E-state index is 10.8. The van der Waals surface area contributed by atoms with Crippen LogP contribution >= 0.6 is 0 Å². The molecule has 0 unspecified atom stereocenters. The van der Waals surface area contributed by atoms with Crippen LogP contribution in [0, 0.1) is 6.92 Å². The third kappa shape index (κ3) is 7.18. The second kappa shape index (κ2) is 12.8. The Balaban J connectivity index is -0.000000281. The molecule has 0 amide bonds. The third-order valence-electron chi connectivity index (χ3n) is 2.19. The van der Waals surface area contributed by atoms with E-state index in [1.165, 1.54) is 0 Å². The molecule has 104 valence electrons. The fraction of sp³-hybridized carbons (Fsp3) is 0.273. The summed E-state index contributed by atoms with van der Waals surface area (Å²) in [7, 11) is 3.38. The van der Waals surface area contributed by atoms with Gasteiger partial charge in [-0.15, -0.1) is 0 Å². The predicted molar refractivity (Wildman–Crippen MR) is 57.0 cm³/mol. The van der Waals surface area contributed by atoms with Crippen LogP contribution in [0.3, 0.4) is 0 Å². The molecular weight excluding hydrogens is 346 g/mol. The molecule has 0 atom stereocenters. The fourth-order valence-electron chi connectivity index (χ4n) is 1.37. The first-order valence-electron chi connectivity index (χ1n) is 4.57. The van der Waals surface area contributed by atoms with Crippen molar-refractivity contribution in [3.63, 3.8) is 0 Å². The quantitative estimate of drug-likeness (QED) is 0.324. The van der Waals surface area contributed by atoms with Crippen molar-refractivity contribution in [3.05, 3.63) is 34.9 Å². The molecule has 0 aliphatic carbocycles. The minimum absolute atomic E-state index is 0. The van der Waals surface area contributed by atoms with Crippen LogP contribution in [0.1, 0.15) is 21.5 Å². The minimum atomic E-state index is -1.17. The molecule has 19 heavy (non-hydrogen) atoms. The van der Waals surface area contributed by atoms with E-state index >= 15 is 0 Å². The number of hydrogen-bond acceptors (Lipinski definition) is 3. The monoisotopic (exact) mass is 358 g/mol. The van der Waals surface area contributed by atoms with Gasteiger partial charge in [-0.2, -0.15) is 0 Å². The van der Waals surface area contributed by atoms with Crippen LogP contribution in [0.4, 0.5) is 0 Å². The number of aromatic carboxylic acids is 1. The number of amidine groups is 1. The van der Waals surface area contributed by atoms with E-state index in [-0.39, 0.29) is 64.5 Å². The number of carboxylic acids is 1. The van der Waals surface area contributed by atoms with E-state index in [0.717, 1.165) is 5.56 Å². The molecule has 8 heteroatoms. The van der Waals surface area contributed by atoms with Crippen LogP contribution in [0.2, 0.25) is 0 Å². The Morgan fingerprint density at radius 2 is 1.79 bits per heavy atom. The van der Waals surface area contributed by atoms with Crippen molar-refractivity contribution in [2.75, 3.05) is 14.1 Å². The molecule has 1 aromatic rings. The molecule has 0 heterocycles. The Hall–Kier alpha value is -0.256. The number of hydrogen-bond donors (Lipinski definition) is 1. The average Bonchev–Trinajstić information content (AvgIpc) is 2.21. The van der Waals surface area contributed by atoms with Gasteiger partial charge in [-0.1, -0.05) is 12.1 Å². The zero-order valence-corrected chi connectivity index (χ0v) is 14.5. The summed E-state index contributed by atoms with van der Waals surface area (Å²) in [5.74, 6) is -0.515. The van der Waals surface area contributed by atoms with Crippen molar-refractivity contribution in [3.8, 4) is 0 Å². The van der Waals surface area contributed by atoms with Crippen molar-refractivity contribution >= 4 is 11.8 Å². The number of nitrogens with one attached hydrogen (secondary N) is 1. The molecule has 0 saturated carbocycles. The zero-order valence-electron chi connectivity index (χ0n) is 10.6. The molecule has 0 bridgehead atoms. The molecule has 0 aliphatic rings. The van der Waals surface area contributed by atoms with E-state index < -0.39 is 5.97 Å². The molecule has 1 aromatic carbocycles. The Morgan fingerprint density at radius 1 is 1.26 bits per heavy atom. The van der Waals surface area contributed by atoms with Gasteiger partial charge in [-0.25, -0.2) is 0 Å². The van der Waals surface area contributed by atoms with Gasteiger partial charge in [0.05, 0.1) is 5.97 Å². The number of rotatable bonds is 2. The zero-order chi connectivity index (χ0) is 11.4. The first-order valence-corrected chi connectivity index (χ1v) is 4.57. The number of nitrogens with zero attached hydrogens (tertiary/aromatic N) is 1. The molecule has 0 aliphatic heterocycles. The van der Waals surface area contributed by atoms with Crippen molar-refractivity contribution in [2.24, 2.45) is 4.99 Å². The van der Waals surface area contributed by atoms with Crippen molar-refractivity contribution in [1.82, 2.24) is 5.32 Å². The van der Waals surface area contributed by atoms with Gasteiger partial charge < -0.3 is 52.4 Å². The largest absolute Gasteiger partial charge is 4.00 e. The number of aliphatic imine (C=N–C) groups is 1. The molecule has 0 spiro atoms. The molecule has 0 radical (unpaired) electrons. The number of carbonyl (C=O) groups is 1. The standard InChI is InChI=1S/C11H14N2O2.3ClH.Ti/c1-7-4-5-8(10(12-2)13-3)6-9(7)11(14)15;;;;/h4-6H,1-3H3,(H,12,13)(H,14,15);3*1H;/q;;;;+4/p-4. The van der Waals surface area contributed by atoms with Gasteiger partial charge >= 0.3 is 21.7 Å². The smallest absolute Gasteiger partial charge is 1.00 e. The summed E-state index contributed by atoms with van der Waals surface area (Å²) in [6.45, 7) is 1.73. The number of aryl methyl sites for hydroxylation is 1. The van der Waals surface area contributed by atoms with E-state index in [4.69, 9.17) is 0 Å². The summed E-state index contributed by atoms with van der Waals surface area (Å²) in [5.41, 5.74) is 1.62. The Bertz CT molecular complexity index is 428. The van der Waals surface area contributed by atoms with Gasteiger partial charge in [0.1, 0.15) is 5.84 Å². The Labute approximate surface area is 146 Å². The van der Waals surface area contributed by atoms with Crippen LogP contribution in [-0.2, 0) is 21.7 Å². The molecule has 4 nitrogen and oxygen atoms in total. The van der Waals surface area contributed by atoms with E-state index in [1.54, 1.807) is 33.2 Å². The van der Waals surface area contributed by atoms with Crippen molar-refractivity contribution in [1.29, 1.82) is 0 Å². The number of carboxylic acid groups (broad SMARTS) is 1. The summed E-state index contributed by atoms with van der Waals surface area (Å²) in [4.78, 5) is 14.8. The number of halogens is 3. The van der Waals surface area contributed by atoms with Gasteiger partial charge in [0.15, 0.2) is 0 Å². The molecule has 1 rings (SSSR count). The second-order valence-electron chi connectivity index (χ2n) is 3.14. The summed E-state index contributed by atoms with van der Waals surface area (Å²) in [6, 6.07) is 5.12. The van der Waals surface area contributed by atoms with Gasteiger partial charge in [0, 0.05) is 25.2 Å². The van der Waals surface area contributed by atoms with Crippen molar-refractivity contribution in [2.45, 2.75) is 6.92 Å². The third-order valence-corrected chi connectivity index (χ3v) is 2.19. The van der Waals surface area contributed by atoms with E-state index in [9.17, 15) is 9.90 Å². The number of carbonyl (C=O) groups excluding carboxylic acids is 1. The van der Waals surface area contributed by atoms with Crippen LogP contribution in [0.5, 0.6) is 0 Å². The van der Waals surface area contributed by atoms with Crippen molar-refractivity contribution < 1.29 is 68.8 Å². The van der Waals surface area contributed by atoms with Gasteiger partial charge in [0.2, 0.25) is 0 Å². The van der Waals surface area contributed by atoms with E-state index in [0.29, 0.717) is 11.4 Å². The first kappa shape index (κ1) is 27.1. The normalized spacial score (nSPS) is 8.89. The summed E-state index contributed by atoms with van der Waals surface area (Å²) in [5, 5.41) is 13.7. The van der Waals surface area contributed by atoms with E-state index in [2.05, 4.69) is 10.3 Å². The van der Waals surface area contributed by atoms with Crippen LogP contribution in [-0.4, -0.2) is 25.9 Å². The Morgan fingerprint density at radius 3 is 2.16 bits per heavy atom. The maximum Gasteiger partial charge on any atom is 4.00 e. The first-order chi connectivity index (χ1) is 7.10. The van der Waals surface area contributed by atoms with Crippen LogP contribution in [0.25, 0.3) is 0 Å². The molecule has 0 aromatic heterocycles. The molecule has 1 N–H and O–H groups in total. The summed E-state index contributed by atoms with van der Waals surface area (Å²) < 4.78 is 0. The van der Waals surface area contributed by atoms with Gasteiger partial charge in [0.25, 0.3) is 0 Å². The molecular formula is C11H13Cl3N2O2Ti. The molecule has 0 saturated heterocycles. The van der Waals surface area contributed by atoms with Gasteiger partial charge in [-0.3, -0.25) is 4.99 Å². The Kier molecular flexibility index (Phi) is 18.2. The summed E-state index contributed by atoms with van der Waals surface area (Å²) >= 11 is 0.